The van der Waals surface area contributed by atoms with E-state index in [1.54, 1.807) is 47.9 Å². The van der Waals surface area contributed by atoms with Crippen molar-refractivity contribution in [1.82, 2.24) is 44.2 Å². The SMILES string of the molecule is CCc1c2c(nc3ccc(OC(=O)c4ccc(CN(CCCCOc5cc(CN(Cc6ccccn6)Cc6ccccn6)cc(CN(Cc6ccccn6)Cc6ccccn6)c5)C(=O)c5ccc6ccccc6c5)cc4)cc13)-c1cc3c(c(=O)n1C2)COC(=O)[C@]3(O)CC. The monoisotopic (exact) mass is 1250 g/mol. The second kappa shape index (κ2) is 28.1. The third-order valence-electron chi connectivity index (χ3n) is 17.6. The molecular formula is C77H71N9O8. The molecule has 0 unspecified atom stereocenters. The van der Waals surface area contributed by atoms with Gasteiger partial charge in [0, 0.05) is 99.2 Å². The van der Waals surface area contributed by atoms with E-state index in [4.69, 9.17) is 19.2 Å². The van der Waals surface area contributed by atoms with Crippen molar-refractivity contribution in [2.24, 2.45) is 0 Å². The number of rotatable bonds is 25. The van der Waals surface area contributed by atoms with Crippen molar-refractivity contribution in [3.05, 3.63) is 290 Å². The van der Waals surface area contributed by atoms with Crippen LogP contribution in [0.1, 0.15) is 116 Å². The maximum Gasteiger partial charge on any atom is 0.343 e. The number of unbranched alkanes of at least 4 members (excludes halogenated alkanes) is 1. The fourth-order valence-corrected chi connectivity index (χ4v) is 12.8. The zero-order chi connectivity index (χ0) is 64.5. The smallest absolute Gasteiger partial charge is 0.343 e. The van der Waals surface area contributed by atoms with Crippen molar-refractivity contribution < 1.29 is 33.7 Å². The molecule has 1 amide bonds. The van der Waals surface area contributed by atoms with E-state index in [-0.39, 0.29) is 42.2 Å². The number of pyridine rings is 6. The first-order valence-electron chi connectivity index (χ1n) is 32.0. The summed E-state index contributed by atoms with van der Waals surface area (Å²) in [5.41, 5.74) is 9.55. The highest BCUT2D eigenvalue weighted by atomic mass is 16.6. The molecule has 1 atom stereocenters. The predicted octanol–water partition coefficient (Wildman–Crippen LogP) is 12.5. The van der Waals surface area contributed by atoms with E-state index in [0.29, 0.717) is 112 Å². The summed E-state index contributed by atoms with van der Waals surface area (Å²) < 4.78 is 19.6. The van der Waals surface area contributed by atoms with Crippen LogP contribution < -0.4 is 15.0 Å². The Morgan fingerprint density at radius 3 is 1.77 bits per heavy atom. The van der Waals surface area contributed by atoms with E-state index < -0.39 is 17.5 Å². The molecule has 0 radical (unpaired) electrons. The molecule has 1 N–H and O–H groups in total. The third kappa shape index (κ3) is 13.9. The molecule has 472 valence electrons. The molecule has 11 aromatic rings. The van der Waals surface area contributed by atoms with Crippen molar-refractivity contribution in [2.75, 3.05) is 13.2 Å². The molecule has 0 aliphatic carbocycles. The maximum atomic E-state index is 14.7. The first-order valence-corrected chi connectivity index (χ1v) is 32.0. The Kier molecular flexibility index (Phi) is 18.6. The number of fused-ring (bicyclic) bond motifs is 6. The van der Waals surface area contributed by atoms with Gasteiger partial charge in [-0.3, -0.25) is 39.3 Å². The number of aromatic nitrogens is 6. The number of carbonyl (C=O) groups is 3. The molecule has 0 saturated heterocycles. The number of ether oxygens (including phenoxy) is 3. The molecule has 6 aromatic heterocycles. The number of nitrogens with zero attached hydrogens (tertiary/aromatic N) is 9. The van der Waals surface area contributed by atoms with Gasteiger partial charge in [0.15, 0.2) is 5.60 Å². The third-order valence-corrected chi connectivity index (χ3v) is 17.6. The van der Waals surface area contributed by atoms with Gasteiger partial charge in [0.1, 0.15) is 18.1 Å². The molecule has 13 rings (SSSR count). The molecule has 0 bridgehead atoms. The highest BCUT2D eigenvalue weighted by Crippen LogP contribution is 2.41. The van der Waals surface area contributed by atoms with Crippen LogP contribution in [-0.2, 0) is 80.5 Å². The summed E-state index contributed by atoms with van der Waals surface area (Å²) in [6.07, 6.45) is 9.26. The van der Waals surface area contributed by atoms with Gasteiger partial charge in [-0.2, -0.15) is 0 Å². The number of hydrogen-bond donors (Lipinski definition) is 1. The standard InChI is InChI=1S/C77H71N9O8/c1-3-65-66-41-63(29-30-70(66)82-72-67(65)50-86-71(72)42-69-68(74(86)88)51-93-76(90)77(69,91)4-2)94-75(89)56-25-23-52(24-26-56)45-85(73(87)58-28-27-55-17-5-6-18-57(55)40-58)35-15-16-36-92-64-38-53(43-83(46-59-19-7-11-31-78-59)47-60-20-8-12-32-79-60)37-54(39-64)44-84(48-61-21-9-13-33-80-61)49-62-22-10-14-34-81-62/h5-14,17-34,37-42,91H,3-4,15-16,35-36,43-51H2,1-2H3/t77-/m0/s1. The zero-order valence-corrected chi connectivity index (χ0v) is 52.6. The fourth-order valence-electron chi connectivity index (χ4n) is 12.8. The lowest BCUT2D eigenvalue weighted by atomic mass is 9.86. The van der Waals surface area contributed by atoms with E-state index in [0.717, 1.165) is 72.5 Å². The Labute approximate surface area is 544 Å². The van der Waals surface area contributed by atoms with E-state index in [9.17, 15) is 24.3 Å². The number of benzene rings is 5. The summed E-state index contributed by atoms with van der Waals surface area (Å²) in [7, 11) is 0. The number of aryl methyl sites for hydroxylation is 1. The van der Waals surface area contributed by atoms with E-state index in [1.807, 2.05) is 164 Å². The summed E-state index contributed by atoms with van der Waals surface area (Å²) in [6, 6.07) is 58.4. The molecule has 0 saturated carbocycles. The molecule has 94 heavy (non-hydrogen) atoms. The minimum Gasteiger partial charge on any atom is -0.494 e. The molecule has 2 aliphatic heterocycles. The van der Waals surface area contributed by atoms with Gasteiger partial charge in [-0.05, 0) is 168 Å². The lowest BCUT2D eigenvalue weighted by Crippen LogP contribution is -2.44. The molecule has 8 heterocycles. The van der Waals surface area contributed by atoms with Gasteiger partial charge < -0.3 is 28.8 Å². The molecule has 5 aromatic carbocycles. The van der Waals surface area contributed by atoms with Crippen LogP contribution in [0, 0.1) is 0 Å². The Bertz CT molecular complexity index is 4420. The van der Waals surface area contributed by atoms with Crippen LogP contribution in [0.15, 0.2) is 212 Å². The van der Waals surface area contributed by atoms with Crippen LogP contribution in [0.4, 0.5) is 0 Å². The second-order valence-electron chi connectivity index (χ2n) is 24.0. The average molecular weight is 1250 g/mol. The fraction of sp³-hybridized carbons (Fsp3) is 0.234. The van der Waals surface area contributed by atoms with Crippen molar-refractivity contribution in [3.63, 3.8) is 0 Å². The Morgan fingerprint density at radius 1 is 0.585 bits per heavy atom. The van der Waals surface area contributed by atoms with Gasteiger partial charge in [0.2, 0.25) is 0 Å². The highest BCUT2D eigenvalue weighted by molar-refractivity contribution is 5.99. The zero-order valence-electron chi connectivity index (χ0n) is 52.6. The Balaban J connectivity index is 0.713. The molecule has 17 nitrogen and oxygen atoms in total. The van der Waals surface area contributed by atoms with Gasteiger partial charge in [-0.25, -0.2) is 14.6 Å². The minimum absolute atomic E-state index is 0.0460. The first kappa shape index (κ1) is 62.2. The van der Waals surface area contributed by atoms with Gasteiger partial charge >= 0.3 is 11.9 Å². The van der Waals surface area contributed by atoms with Crippen molar-refractivity contribution >= 4 is 39.5 Å². The Hall–Kier alpha value is -10.6. The number of amides is 1. The molecule has 0 fully saturated rings. The predicted molar refractivity (Wildman–Crippen MR) is 358 cm³/mol. The summed E-state index contributed by atoms with van der Waals surface area (Å²) in [5, 5.41) is 14.2. The van der Waals surface area contributed by atoms with Crippen LogP contribution in [-0.4, -0.2) is 80.3 Å². The average Bonchev–Trinajstić information content (AvgIpc) is 1.70. The quantitative estimate of drug-likeness (QED) is 0.0322. The van der Waals surface area contributed by atoms with Gasteiger partial charge in [0.05, 0.1) is 64.0 Å². The number of esters is 2. The summed E-state index contributed by atoms with van der Waals surface area (Å²) >= 11 is 0. The highest BCUT2D eigenvalue weighted by Gasteiger charge is 2.45. The summed E-state index contributed by atoms with van der Waals surface area (Å²) in [6.45, 7) is 8.56. The van der Waals surface area contributed by atoms with E-state index in [1.165, 1.54) is 0 Å². The second-order valence-corrected chi connectivity index (χ2v) is 24.0. The number of hydrogen-bond acceptors (Lipinski definition) is 15. The number of cyclic esters (lactones) is 1. The normalized spacial score (nSPS) is 14.0. The first-order chi connectivity index (χ1) is 45.9. The van der Waals surface area contributed by atoms with E-state index in [2.05, 4.69) is 47.9 Å². The minimum atomic E-state index is -1.93. The van der Waals surface area contributed by atoms with E-state index >= 15 is 0 Å². The largest absolute Gasteiger partial charge is 0.494 e. The number of carbonyl (C=O) groups excluding carboxylic acids is 3. The summed E-state index contributed by atoms with van der Waals surface area (Å²) in [4.78, 5) is 85.6. The molecule has 17 heteroatoms. The summed E-state index contributed by atoms with van der Waals surface area (Å²) in [5.74, 6) is -0.359. The molecule has 0 spiro atoms. The van der Waals surface area contributed by atoms with Gasteiger partial charge in [-0.15, -0.1) is 0 Å². The maximum absolute atomic E-state index is 14.7. The Morgan fingerprint density at radius 2 is 1.18 bits per heavy atom. The van der Waals surface area contributed by atoms with Crippen LogP contribution in [0.3, 0.4) is 0 Å². The molecular weight excluding hydrogens is 1180 g/mol. The van der Waals surface area contributed by atoms with Gasteiger partial charge in [-0.1, -0.05) is 86.6 Å². The van der Waals surface area contributed by atoms with Gasteiger partial charge in [0.25, 0.3) is 11.5 Å². The number of aliphatic hydroxyl groups is 1. The van der Waals surface area contributed by atoms with Crippen molar-refractivity contribution in [2.45, 2.75) is 104 Å². The van der Waals surface area contributed by atoms with Crippen molar-refractivity contribution in [1.29, 1.82) is 0 Å². The van der Waals surface area contributed by atoms with Crippen LogP contribution in [0.5, 0.6) is 11.5 Å². The van der Waals surface area contributed by atoms with Crippen molar-refractivity contribution in [3.8, 4) is 22.9 Å². The van der Waals surface area contributed by atoms with Crippen LogP contribution in [0.25, 0.3) is 33.1 Å². The lowest BCUT2D eigenvalue weighted by molar-refractivity contribution is -0.172. The lowest BCUT2D eigenvalue weighted by Gasteiger charge is -2.31. The van der Waals surface area contributed by atoms with Crippen LogP contribution >= 0.6 is 0 Å². The topological polar surface area (TPSA) is 195 Å². The van der Waals surface area contributed by atoms with Crippen LogP contribution in [0.2, 0.25) is 0 Å². The molecule has 2 aliphatic rings.